The van der Waals surface area contributed by atoms with Gasteiger partial charge in [0.15, 0.2) is 0 Å². The van der Waals surface area contributed by atoms with Gasteiger partial charge in [-0.05, 0) is 0 Å². The molecular weight excluding hydrogens is 194 g/mol. The average molecular weight is 200 g/mol. The Morgan fingerprint density at radius 3 is 2.10 bits per heavy atom. The van der Waals surface area contributed by atoms with Crippen LogP contribution in [0.25, 0.3) is 0 Å². The van der Waals surface area contributed by atoms with Crippen LogP contribution in [0.5, 0.6) is 0 Å². The molecule has 1 radical (unpaired) electrons. The Bertz CT molecular complexity index is 108. The van der Waals surface area contributed by atoms with Crippen molar-refractivity contribution >= 4 is 11.3 Å². The Morgan fingerprint density at radius 2 is 2.00 bits per heavy atom. The fourth-order valence-corrected chi connectivity index (χ4v) is 0.589. The smallest absolute Gasteiger partial charge is 0 e. The third kappa shape index (κ3) is 15.7. The van der Waals surface area contributed by atoms with Gasteiger partial charge in [0.1, 0.15) is 0 Å². The first kappa shape index (κ1) is 16.2. The molecule has 3 heteroatoms. The van der Waals surface area contributed by atoms with E-state index in [1.165, 1.54) is 0 Å². The topological polar surface area (TPSA) is 23.8 Å². The maximum Gasteiger partial charge on any atom is 0 e. The summed E-state index contributed by atoms with van der Waals surface area (Å²) in [5, 5.41) is 11.1. The summed E-state index contributed by atoms with van der Waals surface area (Å²) < 4.78 is 0. The van der Waals surface area contributed by atoms with Crippen LogP contribution in [0.4, 0.5) is 0 Å². The van der Waals surface area contributed by atoms with Crippen LogP contribution in [0.3, 0.4) is 0 Å². The van der Waals surface area contributed by atoms with Gasteiger partial charge in [-0.2, -0.15) is 11.4 Å². The predicted molar refractivity (Wildman–Crippen MR) is 38.1 cm³/mol. The molecule has 0 aliphatic carbocycles. The quantitative estimate of drug-likeness (QED) is 0.465. The first-order valence-corrected chi connectivity index (χ1v) is 2.91. The Kier molecular flexibility index (Phi) is 38.4. The van der Waals surface area contributed by atoms with Gasteiger partial charge in [0.05, 0.1) is 0 Å². The van der Waals surface area contributed by atoms with Crippen molar-refractivity contribution in [2.75, 3.05) is 0 Å². The number of rotatable bonds is 0. The van der Waals surface area contributed by atoms with E-state index in [0.29, 0.717) is 0 Å². The van der Waals surface area contributed by atoms with Crippen molar-refractivity contribution in [2.45, 2.75) is 0 Å². The monoisotopic (exact) mass is 199 g/mol. The first-order chi connectivity index (χ1) is 4.50. The van der Waals surface area contributed by atoms with Crippen molar-refractivity contribution < 1.29 is 17.1 Å². The van der Waals surface area contributed by atoms with Crippen molar-refractivity contribution in [1.29, 1.82) is 5.26 Å². The fourth-order valence-electron chi connectivity index (χ4n) is 0.196. The molecule has 0 saturated heterocycles. The van der Waals surface area contributed by atoms with E-state index in [-0.39, 0.29) is 17.1 Å². The molecule has 1 heterocycles. The van der Waals surface area contributed by atoms with E-state index in [0.717, 1.165) is 0 Å². The molecule has 0 aliphatic rings. The van der Waals surface area contributed by atoms with Crippen LogP contribution in [0.1, 0.15) is 0 Å². The third-order valence-electron chi connectivity index (χ3n) is 0.379. The van der Waals surface area contributed by atoms with Crippen molar-refractivity contribution in [3.05, 3.63) is 42.6 Å². The summed E-state index contributed by atoms with van der Waals surface area (Å²) >= 11 is 1.59. The molecule has 0 unspecified atom stereocenters. The average Bonchev–Trinajstić information content (AvgIpc) is 2.51. The molecule has 1 aromatic rings. The standard InChI is InChI=1S/C4H3S.C2H3.CN.Cu/c1-2-4-5-3-1;2*1-2;/h1-3H;1H,2H2;;/q3*-1;. The van der Waals surface area contributed by atoms with Crippen molar-refractivity contribution in [1.82, 2.24) is 0 Å². The van der Waals surface area contributed by atoms with Crippen molar-refractivity contribution in [3.8, 4) is 0 Å². The molecule has 1 aromatic heterocycles. The van der Waals surface area contributed by atoms with Crippen LogP contribution in [0, 0.1) is 23.8 Å². The van der Waals surface area contributed by atoms with Gasteiger partial charge < -0.3 is 29.7 Å². The van der Waals surface area contributed by atoms with E-state index in [4.69, 9.17) is 11.8 Å². The third-order valence-corrected chi connectivity index (χ3v) is 0.944. The van der Waals surface area contributed by atoms with Gasteiger partial charge in [-0.25, -0.2) is 6.07 Å². The Labute approximate surface area is 76.5 Å². The minimum atomic E-state index is 0. The minimum Gasteiger partial charge on any atom is -0.521 e. The summed E-state index contributed by atoms with van der Waals surface area (Å²) in [6.07, 6.45) is 0. The molecule has 0 N–H and O–H groups in total. The zero-order valence-corrected chi connectivity index (χ0v) is 6.93. The Hall–Kier alpha value is -0.551. The molecule has 0 aromatic carbocycles. The second-order valence-corrected chi connectivity index (χ2v) is 1.47. The van der Waals surface area contributed by atoms with E-state index >= 15 is 0 Å². The molecule has 0 atom stereocenters. The summed E-state index contributed by atoms with van der Waals surface area (Å²) in [7, 11) is 0. The summed E-state index contributed by atoms with van der Waals surface area (Å²) in [6, 6.07) is 3.86. The van der Waals surface area contributed by atoms with E-state index in [1.54, 1.807) is 11.3 Å². The molecule has 1 rings (SSSR count). The minimum absolute atomic E-state index is 0. The number of thiophene rings is 1. The molecule has 0 spiro atoms. The molecule has 0 amide bonds. The maximum absolute atomic E-state index is 6.25. The second kappa shape index (κ2) is 23.7. The molecular formula is C7H6CuNS-3. The predicted octanol–water partition coefficient (Wildman–Crippen LogP) is 2.25. The van der Waals surface area contributed by atoms with E-state index in [1.807, 2.05) is 17.5 Å². The molecule has 59 valence electrons. The molecule has 10 heavy (non-hydrogen) atoms. The maximum atomic E-state index is 6.25. The van der Waals surface area contributed by atoms with Crippen LogP contribution in [-0.4, -0.2) is 0 Å². The van der Waals surface area contributed by atoms with Crippen LogP contribution in [0.2, 0.25) is 0 Å². The second-order valence-electron chi connectivity index (χ2n) is 0.731. The summed E-state index contributed by atoms with van der Waals surface area (Å²) in [5.41, 5.74) is 0. The number of nitrogens with zero attached hydrogens (tertiary/aromatic N) is 1. The summed E-state index contributed by atoms with van der Waals surface area (Å²) in [4.78, 5) is 0. The van der Waals surface area contributed by atoms with Crippen LogP contribution >= 0.6 is 11.3 Å². The van der Waals surface area contributed by atoms with Gasteiger partial charge in [0.25, 0.3) is 0 Å². The molecule has 0 fully saturated rings. The molecule has 0 bridgehead atoms. The van der Waals surface area contributed by atoms with E-state index in [9.17, 15) is 0 Å². The van der Waals surface area contributed by atoms with Crippen LogP contribution in [0.15, 0.2) is 24.1 Å². The molecule has 1 nitrogen and oxygen atoms in total. The van der Waals surface area contributed by atoms with Crippen LogP contribution < -0.4 is 0 Å². The van der Waals surface area contributed by atoms with Crippen LogP contribution in [-0.2, 0) is 17.1 Å². The van der Waals surface area contributed by atoms with Gasteiger partial charge in [-0.1, -0.05) is 0 Å². The van der Waals surface area contributed by atoms with E-state index in [2.05, 4.69) is 18.5 Å². The number of hydrogen-bond donors (Lipinski definition) is 0. The van der Waals surface area contributed by atoms with Crippen molar-refractivity contribution in [2.24, 2.45) is 0 Å². The van der Waals surface area contributed by atoms with Gasteiger partial charge in [0.2, 0.25) is 0 Å². The van der Waals surface area contributed by atoms with Gasteiger partial charge in [-0.15, -0.1) is 5.38 Å². The summed E-state index contributed by atoms with van der Waals surface area (Å²) in [6.45, 7) is 11.8. The summed E-state index contributed by atoms with van der Waals surface area (Å²) in [5.74, 6) is 0. The SMILES string of the molecule is [C-]#N.[CH-]=C.[Cu].[c-]1cccs1. The largest absolute Gasteiger partial charge is 0.521 e. The zero-order valence-electron chi connectivity index (χ0n) is 5.17. The fraction of sp³-hybridized carbons (Fsp3) is 0. The van der Waals surface area contributed by atoms with Crippen molar-refractivity contribution in [3.63, 3.8) is 0 Å². The first-order valence-electron chi connectivity index (χ1n) is 2.03. The van der Waals surface area contributed by atoms with Gasteiger partial charge in [0, 0.05) is 17.1 Å². The van der Waals surface area contributed by atoms with Gasteiger partial charge >= 0.3 is 0 Å². The molecule has 0 saturated carbocycles. The molecule has 0 aliphatic heterocycles. The Balaban J connectivity index is -0.0000000875. The number of hydrogen-bond acceptors (Lipinski definition) is 2. The zero-order chi connectivity index (χ0) is 7.54. The Morgan fingerprint density at radius 1 is 1.50 bits per heavy atom. The van der Waals surface area contributed by atoms with E-state index < -0.39 is 0 Å². The normalized spacial score (nSPS) is 4.60. The van der Waals surface area contributed by atoms with Gasteiger partial charge in [-0.3, -0.25) is 6.58 Å².